The average Bonchev–Trinajstić information content (AvgIpc) is 2.28. The van der Waals surface area contributed by atoms with Gasteiger partial charge in [0.1, 0.15) is 0 Å². The summed E-state index contributed by atoms with van der Waals surface area (Å²) in [6.45, 7) is 0. The van der Waals surface area contributed by atoms with Crippen molar-refractivity contribution in [3.8, 4) is 0 Å². The van der Waals surface area contributed by atoms with Crippen molar-refractivity contribution < 1.29 is 0 Å². The van der Waals surface area contributed by atoms with Gasteiger partial charge < -0.3 is 4.57 Å². The van der Waals surface area contributed by atoms with E-state index in [0.29, 0.717) is 0 Å². The molecule has 0 aliphatic carbocycles. The van der Waals surface area contributed by atoms with Gasteiger partial charge in [-0.05, 0) is 16.9 Å². The summed E-state index contributed by atoms with van der Waals surface area (Å²) in [5.41, 5.74) is 1.13. The summed E-state index contributed by atoms with van der Waals surface area (Å²) < 4.78 is 1.98. The van der Waals surface area contributed by atoms with E-state index in [0.717, 1.165) is 5.69 Å². The quantitative estimate of drug-likeness (QED) is 0.563. The molecular formula is C7H6N2S. The highest BCUT2D eigenvalue weighted by Gasteiger charge is 1.95. The zero-order chi connectivity index (χ0) is 6.81. The van der Waals surface area contributed by atoms with Crippen molar-refractivity contribution in [1.29, 1.82) is 0 Å². The Bertz CT molecular complexity index is 259. The number of rotatable bonds is 0. The molecule has 10 heavy (non-hydrogen) atoms. The number of nitrogens with zero attached hydrogens (tertiary/aromatic N) is 2. The molecule has 2 rings (SSSR count). The molecular weight excluding hydrogens is 144 g/mol. The molecule has 0 N–H and O–H groups in total. The second-order valence-corrected chi connectivity index (χ2v) is 2.77. The zero-order valence-electron chi connectivity index (χ0n) is 5.27. The molecule has 0 aromatic carbocycles. The minimum atomic E-state index is 1.13. The normalized spacial score (nSPS) is 14.8. The molecule has 2 heterocycles. The second kappa shape index (κ2) is 2.34. The molecule has 0 saturated heterocycles. The lowest BCUT2D eigenvalue weighted by Crippen LogP contribution is -1.83. The molecule has 1 aromatic rings. The molecule has 0 spiro atoms. The Labute approximate surface area is 63.3 Å². The fourth-order valence-electron chi connectivity index (χ4n) is 0.824. The highest BCUT2D eigenvalue weighted by atomic mass is 32.2. The molecule has 2 nitrogen and oxygen atoms in total. The predicted octanol–water partition coefficient (Wildman–Crippen LogP) is 2.03. The number of thioether (sulfide) groups is 1. The smallest absolute Gasteiger partial charge is 0.0992 e. The van der Waals surface area contributed by atoms with Gasteiger partial charge in [0.25, 0.3) is 0 Å². The Hall–Kier alpha value is -0.960. The molecule has 0 fully saturated rings. The minimum absolute atomic E-state index is 1.13. The van der Waals surface area contributed by atoms with Crippen LogP contribution >= 0.6 is 11.8 Å². The third kappa shape index (κ3) is 0.885. The maximum atomic E-state index is 4.00. The monoisotopic (exact) mass is 150 g/mol. The van der Waals surface area contributed by atoms with E-state index in [1.54, 1.807) is 18.1 Å². The van der Waals surface area contributed by atoms with Gasteiger partial charge in [0, 0.05) is 6.20 Å². The maximum absolute atomic E-state index is 4.00. The van der Waals surface area contributed by atoms with E-state index in [9.17, 15) is 0 Å². The SMILES string of the molecule is C1=Cc2cncn2C=CS1. The average molecular weight is 150 g/mol. The number of imidazole rings is 1. The molecule has 3 heteroatoms. The standard InChI is InChI=1S/C7H6N2S/c1-3-10-4-2-9-6-8-5-7(1)9/h1-6H. The van der Waals surface area contributed by atoms with Crippen LogP contribution in [0.15, 0.2) is 23.3 Å². The fraction of sp³-hybridized carbons (Fsp3) is 0. The summed E-state index contributed by atoms with van der Waals surface area (Å²) in [6.07, 6.45) is 7.67. The van der Waals surface area contributed by atoms with Crippen LogP contribution in [0, 0.1) is 0 Å². The lowest BCUT2D eigenvalue weighted by atomic mass is 10.5. The molecule has 0 radical (unpaired) electrons. The van der Waals surface area contributed by atoms with Crippen LogP contribution in [-0.4, -0.2) is 9.55 Å². The molecule has 1 aliphatic rings. The van der Waals surface area contributed by atoms with Crippen molar-refractivity contribution in [2.24, 2.45) is 0 Å². The van der Waals surface area contributed by atoms with Gasteiger partial charge in [-0.15, -0.1) is 11.8 Å². The highest BCUT2D eigenvalue weighted by Crippen LogP contribution is 2.14. The van der Waals surface area contributed by atoms with Crippen molar-refractivity contribution in [2.45, 2.75) is 0 Å². The summed E-state index contributed by atoms with van der Waals surface area (Å²) in [6, 6.07) is 0. The lowest BCUT2D eigenvalue weighted by Gasteiger charge is -1.91. The molecule has 0 unspecified atom stereocenters. The van der Waals surface area contributed by atoms with Crippen LogP contribution in [0.1, 0.15) is 5.69 Å². The molecule has 0 saturated carbocycles. The first-order valence-electron chi connectivity index (χ1n) is 2.97. The minimum Gasteiger partial charge on any atom is -0.306 e. The zero-order valence-corrected chi connectivity index (χ0v) is 6.08. The van der Waals surface area contributed by atoms with Crippen LogP contribution in [0.4, 0.5) is 0 Å². The predicted molar refractivity (Wildman–Crippen MR) is 44.2 cm³/mol. The summed E-state index contributed by atoms with van der Waals surface area (Å²) >= 11 is 1.67. The summed E-state index contributed by atoms with van der Waals surface area (Å²) in [7, 11) is 0. The first kappa shape index (κ1) is 5.80. The molecule has 0 atom stereocenters. The third-order valence-electron chi connectivity index (χ3n) is 1.31. The molecule has 50 valence electrons. The number of hydrogen-bond acceptors (Lipinski definition) is 2. The van der Waals surface area contributed by atoms with E-state index >= 15 is 0 Å². The topological polar surface area (TPSA) is 17.8 Å². The number of hydrogen-bond donors (Lipinski definition) is 0. The fourth-order valence-corrected chi connectivity index (χ4v) is 1.33. The van der Waals surface area contributed by atoms with Crippen molar-refractivity contribution in [3.05, 3.63) is 29.0 Å². The van der Waals surface area contributed by atoms with Crippen molar-refractivity contribution in [2.75, 3.05) is 0 Å². The highest BCUT2D eigenvalue weighted by molar-refractivity contribution is 8.05. The van der Waals surface area contributed by atoms with E-state index in [4.69, 9.17) is 0 Å². The summed E-state index contributed by atoms with van der Waals surface area (Å²) in [5.74, 6) is 0. The van der Waals surface area contributed by atoms with E-state index in [2.05, 4.69) is 4.98 Å². The Morgan fingerprint density at radius 3 is 3.40 bits per heavy atom. The third-order valence-corrected chi connectivity index (χ3v) is 1.89. The van der Waals surface area contributed by atoms with Crippen LogP contribution in [0.3, 0.4) is 0 Å². The van der Waals surface area contributed by atoms with Crippen molar-refractivity contribution >= 4 is 24.0 Å². The second-order valence-electron chi connectivity index (χ2n) is 1.95. The Morgan fingerprint density at radius 1 is 1.40 bits per heavy atom. The van der Waals surface area contributed by atoms with E-state index in [-0.39, 0.29) is 0 Å². The van der Waals surface area contributed by atoms with E-state index in [1.807, 2.05) is 33.9 Å². The largest absolute Gasteiger partial charge is 0.306 e. The Morgan fingerprint density at radius 2 is 2.40 bits per heavy atom. The van der Waals surface area contributed by atoms with E-state index in [1.165, 1.54) is 0 Å². The van der Waals surface area contributed by atoms with Crippen LogP contribution < -0.4 is 0 Å². The Balaban J connectivity index is 2.56. The first-order chi connectivity index (χ1) is 4.97. The van der Waals surface area contributed by atoms with Crippen LogP contribution in [0.2, 0.25) is 0 Å². The van der Waals surface area contributed by atoms with Gasteiger partial charge in [-0.3, -0.25) is 0 Å². The van der Waals surface area contributed by atoms with Gasteiger partial charge >= 0.3 is 0 Å². The summed E-state index contributed by atoms with van der Waals surface area (Å²) in [4.78, 5) is 4.00. The number of aromatic nitrogens is 2. The van der Waals surface area contributed by atoms with Crippen molar-refractivity contribution in [3.63, 3.8) is 0 Å². The van der Waals surface area contributed by atoms with Gasteiger partial charge in [-0.2, -0.15) is 0 Å². The van der Waals surface area contributed by atoms with Crippen LogP contribution in [0.25, 0.3) is 12.3 Å². The van der Waals surface area contributed by atoms with Crippen LogP contribution in [-0.2, 0) is 0 Å². The first-order valence-corrected chi connectivity index (χ1v) is 3.91. The molecule has 0 amide bonds. The summed E-state index contributed by atoms with van der Waals surface area (Å²) in [5, 5.41) is 4.06. The van der Waals surface area contributed by atoms with Crippen LogP contribution in [0.5, 0.6) is 0 Å². The molecule has 1 aromatic heterocycles. The van der Waals surface area contributed by atoms with Gasteiger partial charge in [-0.1, -0.05) is 0 Å². The number of fused-ring (bicyclic) bond motifs is 1. The van der Waals surface area contributed by atoms with Crippen molar-refractivity contribution in [1.82, 2.24) is 9.55 Å². The maximum Gasteiger partial charge on any atom is 0.0992 e. The Kier molecular flexibility index (Phi) is 1.36. The van der Waals surface area contributed by atoms with Gasteiger partial charge in [0.05, 0.1) is 18.2 Å². The lowest BCUT2D eigenvalue weighted by molar-refractivity contribution is 1.13. The molecule has 1 aliphatic heterocycles. The van der Waals surface area contributed by atoms with Gasteiger partial charge in [-0.25, -0.2) is 4.98 Å². The van der Waals surface area contributed by atoms with E-state index < -0.39 is 0 Å². The van der Waals surface area contributed by atoms with Gasteiger partial charge in [0.15, 0.2) is 0 Å². The molecule has 0 bridgehead atoms. The van der Waals surface area contributed by atoms with Gasteiger partial charge in [0.2, 0.25) is 0 Å².